The minimum Gasteiger partial charge on any atom is -0.484 e. The largest absolute Gasteiger partial charge is 0.484 e. The van der Waals surface area contributed by atoms with Crippen LogP contribution in [0.5, 0.6) is 5.75 Å². The van der Waals surface area contributed by atoms with Crippen LogP contribution in [0.3, 0.4) is 0 Å². The molecular weight excluding hydrogens is 292 g/mol. The van der Waals surface area contributed by atoms with Crippen molar-refractivity contribution < 1.29 is 14.3 Å². The standard InChI is InChI=1S/C18H26N2O3/c1-14(2)12-16(18(22)20-10-6-7-11-20)19-17(21)13-23-15-8-4-3-5-9-15/h3-5,8-9,14,16H,6-7,10-13H2,1-2H3,(H,19,21)/t16-/m1/s1. The number of amides is 2. The molecule has 126 valence electrons. The van der Waals surface area contributed by atoms with Crippen molar-refractivity contribution >= 4 is 11.8 Å². The minimum absolute atomic E-state index is 0.0317. The number of nitrogens with zero attached hydrogens (tertiary/aromatic N) is 1. The van der Waals surface area contributed by atoms with Gasteiger partial charge in [0, 0.05) is 13.1 Å². The van der Waals surface area contributed by atoms with Crippen molar-refractivity contribution in [2.75, 3.05) is 19.7 Å². The van der Waals surface area contributed by atoms with E-state index in [9.17, 15) is 9.59 Å². The van der Waals surface area contributed by atoms with E-state index in [2.05, 4.69) is 19.2 Å². The lowest BCUT2D eigenvalue weighted by atomic mass is 10.0. The number of ether oxygens (including phenoxy) is 1. The lowest BCUT2D eigenvalue weighted by Crippen LogP contribution is -2.49. The summed E-state index contributed by atoms with van der Waals surface area (Å²) in [7, 11) is 0. The van der Waals surface area contributed by atoms with Crippen LogP contribution in [0, 0.1) is 5.92 Å². The van der Waals surface area contributed by atoms with Crippen LogP contribution in [0.25, 0.3) is 0 Å². The second-order valence-corrected chi connectivity index (χ2v) is 6.38. The van der Waals surface area contributed by atoms with Gasteiger partial charge in [-0.3, -0.25) is 9.59 Å². The van der Waals surface area contributed by atoms with Crippen molar-refractivity contribution in [3.8, 4) is 5.75 Å². The summed E-state index contributed by atoms with van der Waals surface area (Å²) in [4.78, 5) is 26.5. The molecule has 23 heavy (non-hydrogen) atoms. The first-order valence-electron chi connectivity index (χ1n) is 8.32. The number of hydrogen-bond donors (Lipinski definition) is 1. The van der Waals surface area contributed by atoms with Gasteiger partial charge in [-0.1, -0.05) is 32.0 Å². The predicted molar refractivity (Wildman–Crippen MR) is 89.1 cm³/mol. The molecule has 1 aromatic rings. The van der Waals surface area contributed by atoms with E-state index in [0.717, 1.165) is 25.9 Å². The highest BCUT2D eigenvalue weighted by Gasteiger charge is 2.28. The molecule has 1 N–H and O–H groups in total. The van der Waals surface area contributed by atoms with E-state index < -0.39 is 6.04 Å². The third-order valence-corrected chi connectivity index (χ3v) is 3.87. The van der Waals surface area contributed by atoms with Crippen LogP contribution >= 0.6 is 0 Å². The molecule has 0 aromatic heterocycles. The van der Waals surface area contributed by atoms with Crippen LogP contribution in [0.15, 0.2) is 30.3 Å². The SMILES string of the molecule is CC(C)C[C@@H](NC(=O)COc1ccccc1)C(=O)N1CCCC1. The van der Waals surface area contributed by atoms with E-state index in [1.54, 1.807) is 12.1 Å². The highest BCUT2D eigenvalue weighted by molar-refractivity contribution is 5.88. The molecule has 1 aliphatic rings. The van der Waals surface area contributed by atoms with E-state index in [-0.39, 0.29) is 18.4 Å². The highest BCUT2D eigenvalue weighted by atomic mass is 16.5. The van der Waals surface area contributed by atoms with Gasteiger partial charge < -0.3 is 15.0 Å². The highest BCUT2D eigenvalue weighted by Crippen LogP contribution is 2.14. The third kappa shape index (κ3) is 5.58. The number of hydrogen-bond acceptors (Lipinski definition) is 3. The maximum absolute atomic E-state index is 12.6. The van der Waals surface area contributed by atoms with Gasteiger partial charge in [0.2, 0.25) is 5.91 Å². The molecule has 0 radical (unpaired) electrons. The summed E-state index contributed by atoms with van der Waals surface area (Å²) in [5, 5.41) is 2.84. The Balaban J connectivity index is 1.88. The zero-order valence-electron chi connectivity index (χ0n) is 14.0. The van der Waals surface area contributed by atoms with Gasteiger partial charge in [-0.2, -0.15) is 0 Å². The zero-order valence-corrected chi connectivity index (χ0v) is 14.0. The molecule has 0 unspecified atom stereocenters. The summed E-state index contributed by atoms with van der Waals surface area (Å²) < 4.78 is 5.44. The fourth-order valence-corrected chi connectivity index (χ4v) is 2.75. The van der Waals surface area contributed by atoms with Crippen LogP contribution in [-0.2, 0) is 9.59 Å². The summed E-state index contributed by atoms with van der Waals surface area (Å²) in [6.45, 7) is 5.62. The summed E-state index contributed by atoms with van der Waals surface area (Å²) in [5.41, 5.74) is 0. The van der Waals surface area contributed by atoms with Gasteiger partial charge in [0.25, 0.3) is 5.91 Å². The Hall–Kier alpha value is -2.04. The Kier molecular flexibility index (Phi) is 6.44. The number of likely N-dealkylation sites (tertiary alicyclic amines) is 1. The van der Waals surface area contributed by atoms with Crippen molar-refractivity contribution in [3.63, 3.8) is 0 Å². The lowest BCUT2D eigenvalue weighted by molar-refractivity contribution is -0.136. The molecule has 2 rings (SSSR count). The molecule has 1 saturated heterocycles. The number of para-hydroxylation sites is 1. The average molecular weight is 318 g/mol. The Labute approximate surface area is 138 Å². The van der Waals surface area contributed by atoms with Crippen LogP contribution in [0.1, 0.15) is 33.1 Å². The van der Waals surface area contributed by atoms with Crippen LogP contribution in [0.2, 0.25) is 0 Å². The quantitative estimate of drug-likeness (QED) is 0.838. The molecule has 0 spiro atoms. The monoisotopic (exact) mass is 318 g/mol. The molecule has 0 bridgehead atoms. The van der Waals surface area contributed by atoms with Gasteiger partial charge in [0.15, 0.2) is 6.61 Å². The van der Waals surface area contributed by atoms with Gasteiger partial charge >= 0.3 is 0 Å². The van der Waals surface area contributed by atoms with Crippen molar-refractivity contribution in [2.45, 2.75) is 39.2 Å². The first-order chi connectivity index (χ1) is 11.1. The maximum atomic E-state index is 12.6. The summed E-state index contributed by atoms with van der Waals surface area (Å²) in [6, 6.07) is 8.74. The summed E-state index contributed by atoms with van der Waals surface area (Å²) in [5.74, 6) is 0.757. The van der Waals surface area contributed by atoms with Gasteiger partial charge in [-0.15, -0.1) is 0 Å². The lowest BCUT2D eigenvalue weighted by Gasteiger charge is -2.25. The number of rotatable bonds is 7. The van der Waals surface area contributed by atoms with Crippen LogP contribution < -0.4 is 10.1 Å². The number of nitrogens with one attached hydrogen (secondary N) is 1. The smallest absolute Gasteiger partial charge is 0.258 e. The third-order valence-electron chi connectivity index (χ3n) is 3.87. The zero-order chi connectivity index (χ0) is 16.7. The van der Waals surface area contributed by atoms with Gasteiger partial charge in [-0.25, -0.2) is 0 Å². The van der Waals surface area contributed by atoms with Crippen LogP contribution in [-0.4, -0.2) is 42.5 Å². The molecule has 1 fully saturated rings. The molecule has 0 saturated carbocycles. The normalized spacial score (nSPS) is 15.5. The Morgan fingerprint density at radius 3 is 2.43 bits per heavy atom. The minimum atomic E-state index is -0.458. The average Bonchev–Trinajstić information content (AvgIpc) is 3.06. The fourth-order valence-electron chi connectivity index (χ4n) is 2.75. The van der Waals surface area contributed by atoms with E-state index in [4.69, 9.17) is 4.74 Å². The predicted octanol–water partition coefficient (Wildman–Crippen LogP) is 2.22. The second kappa shape index (κ2) is 8.56. The molecule has 5 nitrogen and oxygen atoms in total. The van der Waals surface area contributed by atoms with E-state index >= 15 is 0 Å². The van der Waals surface area contributed by atoms with Gasteiger partial charge in [0.05, 0.1) is 0 Å². The first-order valence-corrected chi connectivity index (χ1v) is 8.32. The molecule has 1 aliphatic heterocycles. The number of benzene rings is 1. The second-order valence-electron chi connectivity index (χ2n) is 6.38. The Bertz CT molecular complexity index is 510. The van der Waals surface area contributed by atoms with Gasteiger partial charge in [0.1, 0.15) is 11.8 Å². The molecule has 1 atom stereocenters. The summed E-state index contributed by atoms with van der Waals surface area (Å²) >= 11 is 0. The molecular formula is C18H26N2O3. The van der Waals surface area contributed by atoms with Crippen molar-refractivity contribution in [2.24, 2.45) is 5.92 Å². The molecule has 1 aromatic carbocycles. The molecule has 2 amide bonds. The molecule has 0 aliphatic carbocycles. The molecule has 5 heteroatoms. The van der Waals surface area contributed by atoms with Crippen molar-refractivity contribution in [1.82, 2.24) is 10.2 Å². The number of carbonyl (C=O) groups is 2. The topological polar surface area (TPSA) is 58.6 Å². The Morgan fingerprint density at radius 2 is 1.83 bits per heavy atom. The maximum Gasteiger partial charge on any atom is 0.258 e. The van der Waals surface area contributed by atoms with E-state index in [0.29, 0.717) is 18.1 Å². The van der Waals surface area contributed by atoms with Crippen LogP contribution in [0.4, 0.5) is 0 Å². The van der Waals surface area contributed by atoms with Gasteiger partial charge in [-0.05, 0) is 37.3 Å². The molecule has 1 heterocycles. The fraction of sp³-hybridized carbons (Fsp3) is 0.556. The first kappa shape index (κ1) is 17.3. The van der Waals surface area contributed by atoms with E-state index in [1.165, 1.54) is 0 Å². The van der Waals surface area contributed by atoms with Crippen molar-refractivity contribution in [3.05, 3.63) is 30.3 Å². The number of carbonyl (C=O) groups excluding carboxylic acids is 2. The van der Waals surface area contributed by atoms with E-state index in [1.807, 2.05) is 23.1 Å². The Morgan fingerprint density at radius 1 is 1.17 bits per heavy atom. The summed E-state index contributed by atoms with van der Waals surface area (Å²) in [6.07, 6.45) is 2.74. The van der Waals surface area contributed by atoms with Crippen molar-refractivity contribution in [1.29, 1.82) is 0 Å².